The molecular formula is C8H12N. The van der Waals surface area contributed by atoms with Crippen molar-refractivity contribution in [2.45, 2.75) is 32.6 Å². The average molecular weight is 122 g/mol. The van der Waals surface area contributed by atoms with Gasteiger partial charge in [-0.05, 0) is 31.6 Å². The van der Waals surface area contributed by atoms with Crippen LogP contribution in [-0.2, 0) is 0 Å². The molecule has 9 heavy (non-hydrogen) atoms. The molecule has 0 atom stereocenters. The van der Waals surface area contributed by atoms with Crippen LogP contribution >= 0.6 is 0 Å². The Morgan fingerprint density at radius 1 is 1.44 bits per heavy atom. The highest BCUT2D eigenvalue weighted by molar-refractivity contribution is 5.12. The van der Waals surface area contributed by atoms with E-state index in [2.05, 4.69) is 13.0 Å². The lowest BCUT2D eigenvalue weighted by molar-refractivity contribution is 0.422. The van der Waals surface area contributed by atoms with E-state index in [1.807, 2.05) is 0 Å². The van der Waals surface area contributed by atoms with E-state index < -0.39 is 0 Å². The number of hydrogen-bond acceptors (Lipinski definition) is 1. The largest absolute Gasteiger partial charge is 0.198 e. The SMILES string of the molecule is CC1CC[C](C#N)CC1. The van der Waals surface area contributed by atoms with Crippen LogP contribution < -0.4 is 0 Å². The van der Waals surface area contributed by atoms with Crippen molar-refractivity contribution in [2.75, 3.05) is 0 Å². The van der Waals surface area contributed by atoms with Crippen LogP contribution in [0.15, 0.2) is 0 Å². The van der Waals surface area contributed by atoms with Crippen LogP contribution in [0.5, 0.6) is 0 Å². The van der Waals surface area contributed by atoms with E-state index in [4.69, 9.17) is 5.26 Å². The molecule has 1 fully saturated rings. The van der Waals surface area contributed by atoms with Crippen molar-refractivity contribution >= 4 is 0 Å². The summed E-state index contributed by atoms with van der Waals surface area (Å²) in [6, 6.07) is 2.24. The molecule has 1 rings (SSSR count). The topological polar surface area (TPSA) is 23.8 Å². The van der Waals surface area contributed by atoms with Crippen molar-refractivity contribution in [3.63, 3.8) is 0 Å². The third kappa shape index (κ3) is 1.71. The van der Waals surface area contributed by atoms with E-state index in [1.54, 1.807) is 0 Å². The van der Waals surface area contributed by atoms with Crippen LogP contribution in [0.3, 0.4) is 0 Å². The minimum absolute atomic E-state index is 0.849. The Hall–Kier alpha value is -0.510. The van der Waals surface area contributed by atoms with Crippen LogP contribution in [0.25, 0.3) is 0 Å². The molecule has 1 aliphatic carbocycles. The maximum atomic E-state index is 8.49. The molecule has 0 bridgehead atoms. The first-order valence-corrected chi connectivity index (χ1v) is 3.57. The summed E-state index contributed by atoms with van der Waals surface area (Å²) >= 11 is 0. The van der Waals surface area contributed by atoms with Crippen LogP contribution in [0, 0.1) is 23.2 Å². The summed E-state index contributed by atoms with van der Waals surface area (Å²) in [7, 11) is 0. The van der Waals surface area contributed by atoms with Crippen molar-refractivity contribution in [1.82, 2.24) is 0 Å². The van der Waals surface area contributed by atoms with Gasteiger partial charge in [-0.25, -0.2) is 0 Å². The molecule has 1 radical (unpaired) electrons. The number of nitriles is 1. The molecule has 0 aromatic carbocycles. The fourth-order valence-electron chi connectivity index (χ4n) is 1.22. The number of rotatable bonds is 0. The predicted octanol–water partition coefficient (Wildman–Crippen LogP) is 2.29. The zero-order valence-corrected chi connectivity index (χ0v) is 5.85. The summed E-state index contributed by atoms with van der Waals surface area (Å²) < 4.78 is 0. The molecule has 0 N–H and O–H groups in total. The fraction of sp³-hybridized carbons (Fsp3) is 0.750. The van der Waals surface area contributed by atoms with Crippen molar-refractivity contribution in [1.29, 1.82) is 5.26 Å². The molecule has 0 aromatic heterocycles. The van der Waals surface area contributed by atoms with Crippen molar-refractivity contribution in [2.24, 2.45) is 5.92 Å². The summed E-state index contributed by atoms with van der Waals surface area (Å²) in [5, 5.41) is 8.49. The van der Waals surface area contributed by atoms with Gasteiger partial charge in [0.05, 0.1) is 12.0 Å². The molecule has 0 spiro atoms. The molecule has 0 amide bonds. The van der Waals surface area contributed by atoms with Crippen LogP contribution in [0.2, 0.25) is 0 Å². The Balaban J connectivity index is 2.28. The number of nitrogens with zero attached hydrogens (tertiary/aromatic N) is 1. The van der Waals surface area contributed by atoms with Gasteiger partial charge >= 0.3 is 0 Å². The lowest BCUT2D eigenvalue weighted by Crippen LogP contribution is -2.08. The van der Waals surface area contributed by atoms with Gasteiger partial charge in [-0.3, -0.25) is 0 Å². The standard InChI is InChI=1S/C8H12N/c1-7-2-4-8(6-9)5-3-7/h7H,2-5H2,1H3. The van der Waals surface area contributed by atoms with E-state index in [1.165, 1.54) is 12.8 Å². The van der Waals surface area contributed by atoms with Gasteiger partial charge in [0.1, 0.15) is 0 Å². The molecule has 1 aliphatic rings. The second-order valence-corrected chi connectivity index (χ2v) is 2.90. The van der Waals surface area contributed by atoms with Crippen LogP contribution in [0.4, 0.5) is 0 Å². The number of hydrogen-bond donors (Lipinski definition) is 0. The smallest absolute Gasteiger partial charge is 0.0760 e. The van der Waals surface area contributed by atoms with E-state index >= 15 is 0 Å². The average Bonchev–Trinajstić information content (AvgIpc) is 1.90. The van der Waals surface area contributed by atoms with Crippen molar-refractivity contribution in [3.8, 4) is 6.07 Å². The van der Waals surface area contributed by atoms with Gasteiger partial charge in [-0.15, -0.1) is 0 Å². The summed E-state index contributed by atoms with van der Waals surface area (Å²) in [4.78, 5) is 0. The van der Waals surface area contributed by atoms with Crippen LogP contribution in [0.1, 0.15) is 32.6 Å². The first-order chi connectivity index (χ1) is 4.33. The first-order valence-electron chi connectivity index (χ1n) is 3.57. The molecule has 49 valence electrons. The lowest BCUT2D eigenvalue weighted by atomic mass is 9.84. The Bertz CT molecular complexity index is 115. The summed E-state index contributed by atoms with van der Waals surface area (Å²) in [5.41, 5.74) is 0. The van der Waals surface area contributed by atoms with E-state index in [0.717, 1.165) is 24.7 Å². The molecule has 1 nitrogen and oxygen atoms in total. The highest BCUT2D eigenvalue weighted by Gasteiger charge is 2.17. The summed E-state index contributed by atoms with van der Waals surface area (Å²) in [6.45, 7) is 2.26. The quantitative estimate of drug-likeness (QED) is 0.483. The third-order valence-electron chi connectivity index (χ3n) is 2.04. The highest BCUT2D eigenvalue weighted by atomic mass is 14.3. The fourth-order valence-corrected chi connectivity index (χ4v) is 1.22. The first kappa shape index (κ1) is 6.61. The van der Waals surface area contributed by atoms with Gasteiger partial charge in [0.15, 0.2) is 0 Å². The normalized spacial score (nSPS) is 23.6. The molecule has 0 heterocycles. The van der Waals surface area contributed by atoms with Gasteiger partial charge in [0.2, 0.25) is 0 Å². The molecule has 0 saturated heterocycles. The zero-order valence-electron chi connectivity index (χ0n) is 5.85. The Morgan fingerprint density at radius 2 is 2.00 bits per heavy atom. The lowest BCUT2D eigenvalue weighted by Gasteiger charge is -2.19. The Kier molecular flexibility index (Phi) is 2.10. The second kappa shape index (κ2) is 2.87. The minimum atomic E-state index is 0.849. The summed E-state index contributed by atoms with van der Waals surface area (Å²) in [6.07, 6.45) is 4.56. The van der Waals surface area contributed by atoms with Crippen molar-refractivity contribution in [3.05, 3.63) is 5.92 Å². The maximum Gasteiger partial charge on any atom is 0.0760 e. The second-order valence-electron chi connectivity index (χ2n) is 2.90. The van der Waals surface area contributed by atoms with Gasteiger partial charge in [0.25, 0.3) is 0 Å². The van der Waals surface area contributed by atoms with Gasteiger partial charge in [0, 0.05) is 0 Å². The van der Waals surface area contributed by atoms with E-state index in [-0.39, 0.29) is 0 Å². The predicted molar refractivity (Wildman–Crippen MR) is 36.5 cm³/mol. The Morgan fingerprint density at radius 3 is 2.44 bits per heavy atom. The highest BCUT2D eigenvalue weighted by Crippen LogP contribution is 2.28. The van der Waals surface area contributed by atoms with Crippen LogP contribution in [-0.4, -0.2) is 0 Å². The zero-order chi connectivity index (χ0) is 6.69. The van der Waals surface area contributed by atoms with E-state index in [9.17, 15) is 0 Å². The molecule has 1 heteroatoms. The third-order valence-corrected chi connectivity index (χ3v) is 2.04. The molecule has 0 aromatic rings. The molecular weight excluding hydrogens is 110 g/mol. The minimum Gasteiger partial charge on any atom is -0.198 e. The molecule has 1 saturated carbocycles. The molecule has 0 unspecified atom stereocenters. The maximum absolute atomic E-state index is 8.49. The van der Waals surface area contributed by atoms with Crippen molar-refractivity contribution < 1.29 is 0 Å². The molecule has 0 aliphatic heterocycles. The monoisotopic (exact) mass is 122 g/mol. The van der Waals surface area contributed by atoms with Gasteiger partial charge in [-0.2, -0.15) is 5.26 Å². The summed E-state index contributed by atoms with van der Waals surface area (Å²) in [5.74, 6) is 1.95. The van der Waals surface area contributed by atoms with Gasteiger partial charge in [-0.1, -0.05) is 6.92 Å². The Labute approximate surface area is 56.7 Å². The van der Waals surface area contributed by atoms with Gasteiger partial charge < -0.3 is 0 Å². The van der Waals surface area contributed by atoms with E-state index in [0.29, 0.717) is 0 Å².